The number of hydrogen-bond acceptors (Lipinski definition) is 3. The third kappa shape index (κ3) is 1.95. The Morgan fingerprint density at radius 3 is 2.38 bits per heavy atom. The first kappa shape index (κ1) is 14.3. The van der Waals surface area contributed by atoms with Crippen LogP contribution in [-0.2, 0) is 14.8 Å². The average molecular weight is 321 g/mol. The van der Waals surface area contributed by atoms with Crippen LogP contribution in [0, 0.1) is 17.7 Å². The largest absolute Gasteiger partial charge is 0.480 e. The molecule has 1 heterocycles. The molecular formula is C12H10F3NO4S. The highest BCUT2D eigenvalue weighted by Crippen LogP contribution is 2.62. The average Bonchev–Trinajstić information content (AvgIpc) is 2.76. The molecule has 1 saturated heterocycles. The number of sulfonamides is 1. The van der Waals surface area contributed by atoms with Gasteiger partial charge in [-0.05, 0) is 24.3 Å². The van der Waals surface area contributed by atoms with Crippen molar-refractivity contribution in [1.29, 1.82) is 0 Å². The van der Waals surface area contributed by atoms with Crippen molar-refractivity contribution < 1.29 is 31.5 Å². The van der Waals surface area contributed by atoms with Gasteiger partial charge in [-0.3, -0.25) is 4.79 Å². The summed E-state index contributed by atoms with van der Waals surface area (Å²) in [5, 5.41) is 9.07. The Bertz CT molecular complexity index is 704. The number of carbonyl (C=O) groups is 1. The lowest BCUT2D eigenvalue weighted by Gasteiger charge is -2.25. The minimum Gasteiger partial charge on any atom is -0.480 e. The van der Waals surface area contributed by atoms with Crippen LogP contribution in [0.1, 0.15) is 0 Å². The van der Waals surface area contributed by atoms with E-state index in [1.165, 1.54) is 0 Å². The molecule has 3 rings (SSSR count). The Morgan fingerprint density at radius 2 is 1.86 bits per heavy atom. The molecule has 0 spiro atoms. The maximum atomic E-state index is 13.3. The van der Waals surface area contributed by atoms with Gasteiger partial charge in [0, 0.05) is 12.5 Å². The zero-order valence-corrected chi connectivity index (χ0v) is 11.2. The lowest BCUT2D eigenvalue weighted by atomic mass is 10.2. The summed E-state index contributed by atoms with van der Waals surface area (Å²) < 4.78 is 64.7. The van der Waals surface area contributed by atoms with E-state index in [1.807, 2.05) is 0 Å². The second-order valence-electron chi connectivity index (χ2n) is 5.12. The number of piperidine rings is 1. The van der Waals surface area contributed by atoms with Crippen molar-refractivity contribution in [1.82, 2.24) is 4.31 Å². The fourth-order valence-corrected chi connectivity index (χ4v) is 4.46. The monoisotopic (exact) mass is 321 g/mol. The molecule has 1 aromatic carbocycles. The van der Waals surface area contributed by atoms with Gasteiger partial charge in [0.2, 0.25) is 10.0 Å². The van der Waals surface area contributed by atoms with E-state index >= 15 is 0 Å². The number of halogens is 3. The molecule has 2 fully saturated rings. The molecule has 3 atom stereocenters. The Kier molecular flexibility index (Phi) is 2.87. The summed E-state index contributed by atoms with van der Waals surface area (Å²) in [6, 6.07) is 1.99. The molecule has 1 aliphatic carbocycles. The summed E-state index contributed by atoms with van der Waals surface area (Å²) >= 11 is 0. The van der Waals surface area contributed by atoms with Gasteiger partial charge in [-0.25, -0.2) is 21.6 Å². The first-order chi connectivity index (χ1) is 9.67. The van der Waals surface area contributed by atoms with Gasteiger partial charge in [0.15, 0.2) is 0 Å². The van der Waals surface area contributed by atoms with Crippen LogP contribution in [0.5, 0.6) is 0 Å². The summed E-state index contributed by atoms with van der Waals surface area (Å²) in [6.07, 6.45) is 0. The van der Waals surface area contributed by atoms with Gasteiger partial charge in [0.05, 0.1) is 10.8 Å². The molecule has 1 saturated carbocycles. The topological polar surface area (TPSA) is 74.7 Å². The lowest BCUT2D eigenvalue weighted by molar-refractivity contribution is -0.143. The van der Waals surface area contributed by atoms with Gasteiger partial charge in [-0.1, -0.05) is 0 Å². The minimum absolute atomic E-state index is 0.320. The van der Waals surface area contributed by atoms with E-state index in [1.54, 1.807) is 0 Å². The Labute approximate surface area is 118 Å². The summed E-state index contributed by atoms with van der Waals surface area (Å²) in [7, 11) is -4.25. The van der Waals surface area contributed by atoms with Crippen LogP contribution < -0.4 is 0 Å². The number of carboxylic acids is 1. The lowest BCUT2D eigenvalue weighted by Crippen LogP contribution is -2.45. The van der Waals surface area contributed by atoms with E-state index in [9.17, 15) is 26.4 Å². The third-order valence-electron chi connectivity index (χ3n) is 3.96. The summed E-state index contributed by atoms with van der Waals surface area (Å²) in [5.41, 5.74) is 0. The van der Waals surface area contributed by atoms with Crippen LogP contribution in [0.2, 0.25) is 0 Å². The molecule has 1 aliphatic heterocycles. The van der Waals surface area contributed by atoms with E-state index < -0.39 is 52.2 Å². The van der Waals surface area contributed by atoms with E-state index in [0.29, 0.717) is 4.31 Å². The van der Waals surface area contributed by atoms with Crippen molar-refractivity contribution in [3.8, 4) is 0 Å². The van der Waals surface area contributed by atoms with E-state index in [-0.39, 0.29) is 4.90 Å². The number of benzene rings is 1. The Balaban J connectivity index is 1.97. The smallest absolute Gasteiger partial charge is 0.322 e. The summed E-state index contributed by atoms with van der Waals surface area (Å²) in [4.78, 5) is 10.8. The first-order valence-corrected chi connectivity index (χ1v) is 7.49. The molecule has 9 heteroatoms. The highest BCUT2D eigenvalue weighted by atomic mass is 32.2. The molecule has 1 N–H and O–H groups in total. The molecule has 21 heavy (non-hydrogen) atoms. The van der Waals surface area contributed by atoms with Crippen LogP contribution in [0.3, 0.4) is 0 Å². The molecule has 5 nitrogen and oxygen atoms in total. The zero-order chi connectivity index (χ0) is 15.6. The second kappa shape index (κ2) is 4.20. The van der Waals surface area contributed by atoms with E-state index in [0.717, 1.165) is 24.3 Å². The number of hydrogen-bond donors (Lipinski definition) is 1. The Hall–Kier alpha value is -1.61. The van der Waals surface area contributed by atoms with E-state index in [4.69, 9.17) is 5.11 Å². The number of fused-ring (bicyclic) bond motifs is 1. The third-order valence-corrected chi connectivity index (χ3v) is 5.83. The normalized spacial score (nSPS) is 30.9. The van der Waals surface area contributed by atoms with Gasteiger partial charge in [-0.2, -0.15) is 4.31 Å². The fraction of sp³-hybridized carbons (Fsp3) is 0.417. The fourth-order valence-electron chi connectivity index (χ4n) is 2.84. The van der Waals surface area contributed by atoms with Gasteiger partial charge in [0.1, 0.15) is 11.9 Å². The van der Waals surface area contributed by atoms with Gasteiger partial charge >= 0.3 is 5.97 Å². The van der Waals surface area contributed by atoms with Gasteiger partial charge in [0.25, 0.3) is 5.92 Å². The number of nitrogens with zero attached hydrogens (tertiary/aromatic N) is 1. The maximum Gasteiger partial charge on any atom is 0.322 e. The number of rotatable bonds is 3. The van der Waals surface area contributed by atoms with Crippen LogP contribution in [0.25, 0.3) is 0 Å². The van der Waals surface area contributed by atoms with E-state index in [2.05, 4.69) is 0 Å². The van der Waals surface area contributed by atoms with Crippen molar-refractivity contribution in [2.45, 2.75) is 16.9 Å². The summed E-state index contributed by atoms with van der Waals surface area (Å²) in [6.45, 7) is -0.547. The standard InChI is InChI=1S/C12H10F3NO4S/c13-6-1-3-7(4-2-6)21(19,20)16-5-8-9(12(8,14)15)10(16)11(17)18/h1-4,8-10H,5H2,(H,17,18)/t8-,9-,10-/m0/s1. The van der Waals surface area contributed by atoms with Crippen molar-refractivity contribution in [3.63, 3.8) is 0 Å². The summed E-state index contributed by atoms with van der Waals surface area (Å²) in [5.74, 6) is -8.17. The van der Waals surface area contributed by atoms with Crippen molar-refractivity contribution in [3.05, 3.63) is 30.1 Å². The highest BCUT2D eigenvalue weighted by Gasteiger charge is 2.78. The van der Waals surface area contributed by atoms with Crippen LogP contribution in [0.4, 0.5) is 13.2 Å². The molecule has 0 aromatic heterocycles. The zero-order valence-electron chi connectivity index (χ0n) is 10.4. The SMILES string of the molecule is O=C(O)[C@@H]1[C@@H]2[C@H](CN1S(=O)(=O)c1ccc(F)cc1)C2(F)F. The predicted molar refractivity (Wildman–Crippen MR) is 63.6 cm³/mol. The molecule has 114 valence electrons. The van der Waals surface area contributed by atoms with Gasteiger partial charge in [-0.15, -0.1) is 0 Å². The van der Waals surface area contributed by atoms with Crippen LogP contribution >= 0.6 is 0 Å². The predicted octanol–water partition coefficient (Wildman–Crippen LogP) is 1.16. The first-order valence-electron chi connectivity index (χ1n) is 6.05. The van der Waals surface area contributed by atoms with Crippen LogP contribution in [-0.4, -0.2) is 42.3 Å². The van der Waals surface area contributed by atoms with Gasteiger partial charge < -0.3 is 5.11 Å². The van der Waals surface area contributed by atoms with Crippen LogP contribution in [0.15, 0.2) is 29.2 Å². The quantitative estimate of drug-likeness (QED) is 0.907. The molecule has 2 aliphatic rings. The number of aliphatic carboxylic acids is 1. The van der Waals surface area contributed by atoms with Crippen molar-refractivity contribution in [2.24, 2.45) is 11.8 Å². The molecule has 1 aromatic rings. The molecular weight excluding hydrogens is 311 g/mol. The second-order valence-corrected chi connectivity index (χ2v) is 7.01. The molecule has 0 radical (unpaired) electrons. The number of carboxylic acid groups (broad SMARTS) is 1. The highest BCUT2D eigenvalue weighted by molar-refractivity contribution is 7.89. The van der Waals surface area contributed by atoms with Crippen molar-refractivity contribution >= 4 is 16.0 Å². The molecule has 0 unspecified atom stereocenters. The minimum atomic E-state index is -4.25. The maximum absolute atomic E-state index is 13.3. The Morgan fingerprint density at radius 1 is 1.29 bits per heavy atom. The van der Waals surface area contributed by atoms with Crippen molar-refractivity contribution in [2.75, 3.05) is 6.54 Å². The molecule has 0 amide bonds. The number of alkyl halides is 2. The molecule has 0 bridgehead atoms.